The van der Waals surface area contributed by atoms with Gasteiger partial charge >= 0.3 is 12.1 Å². The van der Waals surface area contributed by atoms with Gasteiger partial charge in [0.25, 0.3) is 0 Å². The molecular formula is C14H20N2O6S. The molecule has 0 saturated carbocycles. The van der Waals surface area contributed by atoms with Crippen molar-refractivity contribution in [3.63, 3.8) is 0 Å². The number of para-hydroxylation sites is 1. The lowest BCUT2D eigenvalue weighted by atomic mass is 10.2. The third-order valence-electron chi connectivity index (χ3n) is 2.84. The van der Waals surface area contributed by atoms with Gasteiger partial charge in [-0.15, -0.1) is 0 Å². The number of carbonyl (C=O) groups is 2. The van der Waals surface area contributed by atoms with E-state index in [0.29, 0.717) is 0 Å². The molecule has 0 aromatic heterocycles. The maximum absolute atomic E-state index is 12.0. The summed E-state index contributed by atoms with van der Waals surface area (Å²) in [6.07, 6.45) is 0.352. The minimum Gasteiger partial charge on any atom is -0.462 e. The van der Waals surface area contributed by atoms with Crippen LogP contribution in [0.1, 0.15) is 17.3 Å². The predicted octanol–water partition coefficient (Wildman–Crippen LogP) is 0.985. The van der Waals surface area contributed by atoms with Crippen molar-refractivity contribution in [3.8, 4) is 0 Å². The first-order chi connectivity index (χ1) is 10.8. The van der Waals surface area contributed by atoms with Gasteiger partial charge in [0, 0.05) is 6.54 Å². The molecule has 0 bridgehead atoms. The molecule has 0 atom stereocenters. The Bertz CT molecular complexity index is 659. The van der Waals surface area contributed by atoms with Crippen molar-refractivity contribution in [2.45, 2.75) is 6.92 Å². The van der Waals surface area contributed by atoms with E-state index in [-0.39, 0.29) is 30.9 Å². The van der Waals surface area contributed by atoms with Crippen LogP contribution in [0.15, 0.2) is 24.3 Å². The van der Waals surface area contributed by atoms with Crippen molar-refractivity contribution in [2.24, 2.45) is 0 Å². The Morgan fingerprint density at radius 3 is 2.48 bits per heavy atom. The lowest BCUT2D eigenvalue weighted by Crippen LogP contribution is -2.38. The Balaban J connectivity index is 3.09. The van der Waals surface area contributed by atoms with Crippen LogP contribution in [0.2, 0.25) is 0 Å². The summed E-state index contributed by atoms with van der Waals surface area (Å²) in [6, 6.07) is 6.22. The summed E-state index contributed by atoms with van der Waals surface area (Å²) in [5.74, 6) is -0.613. The van der Waals surface area contributed by atoms with Gasteiger partial charge in [-0.25, -0.2) is 18.0 Å². The fraction of sp³-hybridized carbons (Fsp3) is 0.429. The monoisotopic (exact) mass is 344 g/mol. The fourth-order valence-corrected chi connectivity index (χ4v) is 2.81. The highest BCUT2D eigenvalue weighted by molar-refractivity contribution is 7.92. The summed E-state index contributed by atoms with van der Waals surface area (Å²) in [7, 11) is -2.45. The van der Waals surface area contributed by atoms with Gasteiger partial charge in [0.2, 0.25) is 10.0 Å². The van der Waals surface area contributed by atoms with Gasteiger partial charge in [-0.05, 0) is 19.1 Å². The van der Waals surface area contributed by atoms with Crippen LogP contribution < -0.4 is 9.62 Å². The Labute approximate surface area is 135 Å². The third kappa shape index (κ3) is 5.44. The summed E-state index contributed by atoms with van der Waals surface area (Å²) >= 11 is 0. The molecule has 1 aromatic carbocycles. The second-order valence-corrected chi connectivity index (χ2v) is 6.40. The molecule has 0 saturated heterocycles. The van der Waals surface area contributed by atoms with Gasteiger partial charge in [-0.2, -0.15) is 0 Å². The van der Waals surface area contributed by atoms with Crippen LogP contribution in [0.3, 0.4) is 0 Å². The molecule has 1 rings (SSSR count). The van der Waals surface area contributed by atoms with Crippen LogP contribution in [-0.2, 0) is 19.5 Å². The van der Waals surface area contributed by atoms with Crippen LogP contribution in [0.4, 0.5) is 10.5 Å². The molecule has 0 heterocycles. The lowest BCUT2D eigenvalue weighted by Gasteiger charge is -2.24. The molecule has 0 aliphatic carbocycles. The van der Waals surface area contributed by atoms with Crippen molar-refractivity contribution < 1.29 is 27.5 Å². The summed E-state index contributed by atoms with van der Waals surface area (Å²) in [5.41, 5.74) is 0.331. The number of rotatable bonds is 7. The largest absolute Gasteiger partial charge is 0.462 e. The quantitative estimate of drug-likeness (QED) is 0.740. The molecular weight excluding hydrogens is 324 g/mol. The average molecular weight is 344 g/mol. The molecule has 0 aliphatic rings. The number of amides is 1. The molecule has 0 radical (unpaired) electrons. The highest BCUT2D eigenvalue weighted by Crippen LogP contribution is 2.23. The van der Waals surface area contributed by atoms with Crippen molar-refractivity contribution >= 4 is 27.8 Å². The summed E-state index contributed by atoms with van der Waals surface area (Å²) in [5, 5.41) is 2.40. The number of hydrogen-bond donors (Lipinski definition) is 1. The molecule has 8 nitrogen and oxygen atoms in total. The maximum Gasteiger partial charge on any atom is 0.406 e. The third-order valence-corrected chi connectivity index (χ3v) is 4.02. The number of hydrogen-bond acceptors (Lipinski definition) is 6. The zero-order valence-electron chi connectivity index (χ0n) is 13.2. The van der Waals surface area contributed by atoms with Gasteiger partial charge in [0.05, 0.1) is 37.8 Å². The number of sulfonamides is 1. The molecule has 1 amide bonds. The second kappa shape index (κ2) is 8.37. The van der Waals surface area contributed by atoms with E-state index in [1.165, 1.54) is 19.2 Å². The van der Waals surface area contributed by atoms with Gasteiger partial charge in [0.1, 0.15) is 0 Å². The molecule has 1 aromatic rings. The van der Waals surface area contributed by atoms with Crippen LogP contribution in [0.25, 0.3) is 0 Å². The number of nitrogens with one attached hydrogen (secondary N) is 1. The van der Waals surface area contributed by atoms with Crippen molar-refractivity contribution in [1.82, 2.24) is 5.32 Å². The van der Waals surface area contributed by atoms with E-state index >= 15 is 0 Å². The van der Waals surface area contributed by atoms with Crippen LogP contribution in [0.5, 0.6) is 0 Å². The van der Waals surface area contributed by atoms with Crippen molar-refractivity contribution in [3.05, 3.63) is 29.8 Å². The molecule has 128 valence electrons. The highest BCUT2D eigenvalue weighted by atomic mass is 32.2. The number of esters is 1. The van der Waals surface area contributed by atoms with Crippen LogP contribution in [-0.4, -0.2) is 53.5 Å². The smallest absolute Gasteiger partial charge is 0.406 e. The standard InChI is InChI=1S/C14H20N2O6S/c1-4-22-13(17)11-7-5-6-8-12(11)16(23(3,19)20)10-9-15-14(18)21-2/h5-8H,4,9-10H2,1-3H3,(H,15,18). The molecule has 0 fully saturated rings. The number of ether oxygens (including phenoxy) is 2. The second-order valence-electron chi connectivity index (χ2n) is 4.49. The van der Waals surface area contributed by atoms with E-state index in [1.807, 2.05) is 0 Å². The number of nitrogens with zero attached hydrogens (tertiary/aromatic N) is 1. The first kappa shape index (κ1) is 18.8. The fourth-order valence-electron chi connectivity index (χ4n) is 1.87. The normalized spacial score (nSPS) is 10.7. The van der Waals surface area contributed by atoms with E-state index in [2.05, 4.69) is 10.1 Å². The average Bonchev–Trinajstić information content (AvgIpc) is 2.50. The van der Waals surface area contributed by atoms with E-state index in [0.717, 1.165) is 10.6 Å². The summed E-state index contributed by atoms with van der Waals surface area (Å²) < 4.78 is 34.5. The Kier molecular flexibility index (Phi) is 6.83. The number of alkyl carbamates (subject to hydrolysis) is 1. The van der Waals surface area contributed by atoms with E-state index < -0.39 is 22.1 Å². The number of anilines is 1. The van der Waals surface area contributed by atoms with Crippen LogP contribution >= 0.6 is 0 Å². The highest BCUT2D eigenvalue weighted by Gasteiger charge is 2.23. The maximum atomic E-state index is 12.0. The SMILES string of the molecule is CCOC(=O)c1ccccc1N(CCNC(=O)OC)S(C)(=O)=O. The topological polar surface area (TPSA) is 102 Å². The van der Waals surface area contributed by atoms with Gasteiger partial charge in [0.15, 0.2) is 0 Å². The Morgan fingerprint density at radius 1 is 1.26 bits per heavy atom. The number of carbonyl (C=O) groups excluding carboxylic acids is 2. The molecule has 9 heteroatoms. The molecule has 0 aliphatic heterocycles. The van der Waals surface area contributed by atoms with Gasteiger partial charge < -0.3 is 14.8 Å². The minimum absolute atomic E-state index is 0.0247. The van der Waals surface area contributed by atoms with Gasteiger partial charge in [-0.1, -0.05) is 12.1 Å². The van der Waals surface area contributed by atoms with Gasteiger partial charge in [-0.3, -0.25) is 4.31 Å². The number of methoxy groups -OCH3 is 1. The Hall–Kier alpha value is -2.29. The molecule has 0 spiro atoms. The first-order valence-corrected chi connectivity index (χ1v) is 8.71. The zero-order valence-corrected chi connectivity index (χ0v) is 14.1. The predicted molar refractivity (Wildman–Crippen MR) is 85.0 cm³/mol. The zero-order chi connectivity index (χ0) is 17.5. The summed E-state index contributed by atoms with van der Waals surface area (Å²) in [4.78, 5) is 23.1. The number of benzene rings is 1. The van der Waals surface area contributed by atoms with E-state index in [9.17, 15) is 18.0 Å². The van der Waals surface area contributed by atoms with Crippen molar-refractivity contribution in [2.75, 3.05) is 37.4 Å². The van der Waals surface area contributed by atoms with E-state index in [1.54, 1.807) is 19.1 Å². The summed E-state index contributed by atoms with van der Waals surface area (Å²) in [6.45, 7) is 1.81. The molecule has 23 heavy (non-hydrogen) atoms. The Morgan fingerprint density at radius 2 is 1.91 bits per heavy atom. The first-order valence-electron chi connectivity index (χ1n) is 6.87. The van der Waals surface area contributed by atoms with Crippen molar-refractivity contribution in [1.29, 1.82) is 0 Å². The van der Waals surface area contributed by atoms with Crippen LogP contribution in [0, 0.1) is 0 Å². The molecule has 0 unspecified atom stereocenters. The molecule has 1 N–H and O–H groups in total. The lowest BCUT2D eigenvalue weighted by molar-refractivity contribution is 0.0527. The van der Waals surface area contributed by atoms with E-state index in [4.69, 9.17) is 4.74 Å². The minimum atomic E-state index is -3.66.